The van der Waals surface area contributed by atoms with Crippen molar-refractivity contribution in [3.05, 3.63) is 174 Å². The molecule has 7 aromatic carbocycles. The van der Waals surface area contributed by atoms with E-state index in [-0.39, 0.29) is 10.8 Å². The third kappa shape index (κ3) is 5.05. The highest BCUT2D eigenvalue weighted by atomic mass is 16.3. The lowest BCUT2D eigenvalue weighted by molar-refractivity contribution is 0.590. The summed E-state index contributed by atoms with van der Waals surface area (Å²) in [5.41, 5.74) is 16.0. The first kappa shape index (κ1) is 35.9. The van der Waals surface area contributed by atoms with Gasteiger partial charge < -0.3 is 18.3 Å². The Morgan fingerprint density at radius 3 is 2.13 bits per heavy atom. The number of aryl methyl sites for hydroxylation is 1. The van der Waals surface area contributed by atoms with Gasteiger partial charge in [-0.15, -0.1) is 6.42 Å². The molecule has 1 aliphatic rings. The van der Waals surface area contributed by atoms with Crippen LogP contribution in [0.1, 0.15) is 62.6 Å². The molecule has 0 fully saturated rings. The second-order valence-electron chi connectivity index (χ2n) is 17.7. The SMILES string of the molecule is C#C/C=C\c1oc2ccc3c(c2c1C)-c1c(cc(N(c2ccc(C(C)(C)C)cc2)c2cccc4c2c2ccccc2n4-c2ccccc2)c2c1oc1ccccc12)C3(C)C. The molecular weight excluding hydrogens is 733 g/mol. The number of allylic oxidation sites excluding steroid dienone is 1. The first-order chi connectivity index (χ1) is 29.1. The maximum atomic E-state index is 7.15. The Bertz CT molecular complexity index is 3450. The monoisotopic (exact) mass is 776 g/mol. The van der Waals surface area contributed by atoms with Gasteiger partial charge in [-0.3, -0.25) is 0 Å². The van der Waals surface area contributed by atoms with Gasteiger partial charge in [0.05, 0.1) is 27.8 Å². The molecule has 290 valence electrons. The van der Waals surface area contributed by atoms with Crippen molar-refractivity contribution >= 4 is 77.9 Å². The number of aromatic nitrogens is 1. The van der Waals surface area contributed by atoms with Gasteiger partial charge in [0.15, 0.2) is 0 Å². The summed E-state index contributed by atoms with van der Waals surface area (Å²) in [5, 5.41) is 5.61. The van der Waals surface area contributed by atoms with Crippen LogP contribution in [-0.2, 0) is 10.8 Å². The lowest BCUT2D eigenvalue weighted by Crippen LogP contribution is -2.17. The summed E-state index contributed by atoms with van der Waals surface area (Å²) in [5.74, 6) is 3.40. The molecule has 0 aliphatic heterocycles. The molecule has 60 heavy (non-hydrogen) atoms. The molecule has 0 spiro atoms. The van der Waals surface area contributed by atoms with E-state index >= 15 is 0 Å². The number of benzene rings is 7. The third-order valence-electron chi connectivity index (χ3n) is 12.9. The molecule has 10 aromatic rings. The van der Waals surface area contributed by atoms with Crippen molar-refractivity contribution in [1.82, 2.24) is 4.57 Å². The van der Waals surface area contributed by atoms with Gasteiger partial charge >= 0.3 is 0 Å². The van der Waals surface area contributed by atoms with E-state index in [4.69, 9.17) is 15.3 Å². The molecular formula is C56H44N2O2. The quantitative estimate of drug-likeness (QED) is 0.163. The minimum Gasteiger partial charge on any atom is -0.456 e. The van der Waals surface area contributed by atoms with Gasteiger partial charge in [0.1, 0.15) is 22.5 Å². The van der Waals surface area contributed by atoms with Crippen LogP contribution in [0.2, 0.25) is 0 Å². The van der Waals surface area contributed by atoms with Crippen LogP contribution in [-0.4, -0.2) is 4.57 Å². The van der Waals surface area contributed by atoms with E-state index in [0.717, 1.165) is 83.6 Å². The second kappa shape index (κ2) is 12.9. The minimum atomic E-state index is -0.365. The van der Waals surface area contributed by atoms with Crippen molar-refractivity contribution in [2.24, 2.45) is 0 Å². The van der Waals surface area contributed by atoms with Crippen LogP contribution in [0.25, 0.3) is 77.6 Å². The van der Waals surface area contributed by atoms with Gasteiger partial charge in [-0.2, -0.15) is 0 Å². The minimum absolute atomic E-state index is 0.00306. The molecule has 0 radical (unpaired) electrons. The van der Waals surface area contributed by atoms with Gasteiger partial charge in [0.2, 0.25) is 0 Å². The summed E-state index contributed by atoms with van der Waals surface area (Å²) in [7, 11) is 0. The Balaban J connectivity index is 1.29. The smallest absolute Gasteiger partial charge is 0.145 e. The van der Waals surface area contributed by atoms with Crippen molar-refractivity contribution in [1.29, 1.82) is 0 Å². The Morgan fingerprint density at radius 1 is 0.650 bits per heavy atom. The van der Waals surface area contributed by atoms with Gasteiger partial charge in [-0.25, -0.2) is 0 Å². The van der Waals surface area contributed by atoms with Gasteiger partial charge in [-0.05, 0) is 102 Å². The second-order valence-corrected chi connectivity index (χ2v) is 17.7. The van der Waals surface area contributed by atoms with Crippen molar-refractivity contribution < 1.29 is 8.83 Å². The van der Waals surface area contributed by atoms with Gasteiger partial charge in [0.25, 0.3) is 0 Å². The van der Waals surface area contributed by atoms with Crippen molar-refractivity contribution in [3.8, 4) is 29.2 Å². The summed E-state index contributed by atoms with van der Waals surface area (Å²) in [6.45, 7) is 13.6. The van der Waals surface area contributed by atoms with Crippen LogP contribution in [0.5, 0.6) is 0 Å². The van der Waals surface area contributed by atoms with E-state index < -0.39 is 0 Å². The zero-order chi connectivity index (χ0) is 41.1. The van der Waals surface area contributed by atoms with E-state index in [1.807, 2.05) is 6.08 Å². The maximum absolute atomic E-state index is 7.15. The molecule has 0 unspecified atom stereocenters. The number of rotatable bonds is 5. The Morgan fingerprint density at radius 2 is 1.37 bits per heavy atom. The van der Waals surface area contributed by atoms with Crippen LogP contribution >= 0.6 is 0 Å². The van der Waals surface area contributed by atoms with E-state index in [0.29, 0.717) is 0 Å². The number of anilines is 3. The molecule has 4 heteroatoms. The average Bonchev–Trinajstić information content (AvgIpc) is 3.97. The van der Waals surface area contributed by atoms with Gasteiger partial charge in [-0.1, -0.05) is 119 Å². The number of furan rings is 2. The first-order valence-electron chi connectivity index (χ1n) is 20.7. The summed E-state index contributed by atoms with van der Waals surface area (Å²) < 4.78 is 16.0. The molecule has 0 bridgehead atoms. The van der Waals surface area contributed by atoms with Crippen LogP contribution in [0.15, 0.2) is 154 Å². The van der Waals surface area contributed by atoms with Crippen LogP contribution < -0.4 is 4.90 Å². The molecule has 0 N–H and O–H groups in total. The Labute approximate surface area is 350 Å². The van der Waals surface area contributed by atoms with E-state index in [9.17, 15) is 0 Å². The van der Waals surface area contributed by atoms with Crippen LogP contribution in [0, 0.1) is 19.3 Å². The molecule has 0 saturated heterocycles. The molecule has 0 atom stereocenters. The fourth-order valence-corrected chi connectivity index (χ4v) is 9.92. The summed E-state index contributed by atoms with van der Waals surface area (Å²) in [4.78, 5) is 2.49. The number of nitrogens with zero attached hydrogens (tertiary/aromatic N) is 2. The van der Waals surface area contributed by atoms with Crippen molar-refractivity contribution in [2.75, 3.05) is 4.90 Å². The predicted molar refractivity (Wildman–Crippen MR) is 251 cm³/mol. The molecule has 4 nitrogen and oxygen atoms in total. The highest BCUT2D eigenvalue weighted by molar-refractivity contribution is 6.23. The van der Waals surface area contributed by atoms with Crippen molar-refractivity contribution in [2.45, 2.75) is 52.4 Å². The standard InChI is InChI=1S/C56H44N2O2/c1-8-9-25-46-34(2)49-48(59-46)32-31-40-52(49)53-41(56(40,6)7)33-45(51-39-21-14-16-26-47(39)60-54(51)53)58(37-29-27-35(28-30-37)55(3,4)5)44-24-17-23-43-50(44)38-20-13-15-22-42(38)57(43)36-18-11-10-12-19-36/h1,9-33H,2-7H3/b25-9-. The number of para-hydroxylation sites is 3. The van der Waals surface area contributed by atoms with Crippen LogP contribution in [0.4, 0.5) is 17.1 Å². The molecule has 3 heterocycles. The van der Waals surface area contributed by atoms with Crippen LogP contribution in [0.3, 0.4) is 0 Å². The zero-order valence-corrected chi connectivity index (χ0v) is 34.7. The zero-order valence-electron chi connectivity index (χ0n) is 34.7. The molecule has 0 amide bonds. The topological polar surface area (TPSA) is 34.5 Å². The fourth-order valence-electron chi connectivity index (χ4n) is 9.92. The largest absolute Gasteiger partial charge is 0.456 e. The number of hydrogen-bond donors (Lipinski definition) is 0. The highest BCUT2D eigenvalue weighted by Crippen LogP contribution is 2.59. The first-order valence-corrected chi connectivity index (χ1v) is 20.7. The molecule has 11 rings (SSSR count). The van der Waals surface area contributed by atoms with E-state index in [1.165, 1.54) is 33.0 Å². The Hall–Kier alpha value is -7.22. The lowest BCUT2D eigenvalue weighted by Gasteiger charge is -2.30. The number of terminal acetylenes is 1. The van der Waals surface area contributed by atoms with Gasteiger partial charge in [0, 0.05) is 55.0 Å². The number of hydrogen-bond acceptors (Lipinski definition) is 3. The van der Waals surface area contributed by atoms with E-state index in [2.05, 4.69) is 196 Å². The lowest BCUT2D eigenvalue weighted by atomic mass is 9.81. The third-order valence-corrected chi connectivity index (χ3v) is 12.9. The molecule has 0 saturated carbocycles. The highest BCUT2D eigenvalue weighted by Gasteiger charge is 2.41. The summed E-state index contributed by atoms with van der Waals surface area (Å²) in [6.07, 6.45) is 9.24. The summed E-state index contributed by atoms with van der Waals surface area (Å²) in [6, 6.07) is 50.7. The van der Waals surface area contributed by atoms with Crippen molar-refractivity contribution in [3.63, 3.8) is 0 Å². The molecule has 3 aromatic heterocycles. The Kier molecular flexibility index (Phi) is 7.71. The fraction of sp³-hybridized carbons (Fsp3) is 0.143. The average molecular weight is 777 g/mol. The van der Waals surface area contributed by atoms with E-state index in [1.54, 1.807) is 6.08 Å². The predicted octanol–water partition coefficient (Wildman–Crippen LogP) is 15.5. The number of fused-ring (bicyclic) bond motifs is 12. The summed E-state index contributed by atoms with van der Waals surface area (Å²) >= 11 is 0. The maximum Gasteiger partial charge on any atom is 0.145 e. The molecule has 1 aliphatic carbocycles. The normalized spacial score (nSPS) is 13.6.